The number of nitrogens with one attached hydrogen (secondary N) is 1. The van der Waals surface area contributed by atoms with Gasteiger partial charge in [0.15, 0.2) is 5.65 Å². The number of nitrogens with zero attached hydrogens (tertiary/aromatic N) is 3. The molecular formula is C27H23FN4. The van der Waals surface area contributed by atoms with Gasteiger partial charge in [-0.15, -0.1) is 0 Å². The van der Waals surface area contributed by atoms with E-state index in [1.165, 1.54) is 16.8 Å². The Morgan fingerprint density at radius 3 is 2.50 bits per heavy atom. The van der Waals surface area contributed by atoms with Crippen molar-refractivity contribution in [2.75, 3.05) is 13.1 Å². The molecule has 3 aromatic carbocycles. The highest BCUT2D eigenvalue weighted by molar-refractivity contribution is 5.89. The molecule has 5 aromatic rings. The Labute approximate surface area is 185 Å². The second kappa shape index (κ2) is 7.84. The lowest BCUT2D eigenvalue weighted by molar-refractivity contribution is 0.376. The Bertz CT molecular complexity index is 1430. The Morgan fingerprint density at radius 2 is 1.66 bits per heavy atom. The molecule has 1 aliphatic heterocycles. The second-order valence-corrected chi connectivity index (χ2v) is 8.43. The predicted molar refractivity (Wildman–Crippen MR) is 127 cm³/mol. The number of fused-ring (bicyclic) bond motifs is 2. The van der Waals surface area contributed by atoms with Crippen molar-refractivity contribution in [2.24, 2.45) is 0 Å². The number of aromatic nitrogens is 3. The summed E-state index contributed by atoms with van der Waals surface area (Å²) >= 11 is 0. The molecule has 0 saturated carbocycles. The fourth-order valence-electron chi connectivity index (χ4n) is 4.75. The lowest BCUT2D eigenvalue weighted by Crippen LogP contribution is -2.29. The van der Waals surface area contributed by atoms with Crippen LogP contribution in [0.1, 0.15) is 18.9 Å². The largest absolute Gasteiger partial charge is 0.317 e. The van der Waals surface area contributed by atoms with Crippen LogP contribution in [0.3, 0.4) is 0 Å². The van der Waals surface area contributed by atoms with E-state index in [-0.39, 0.29) is 5.82 Å². The minimum Gasteiger partial charge on any atom is -0.317 e. The zero-order chi connectivity index (χ0) is 21.5. The maximum Gasteiger partial charge on any atom is 0.160 e. The number of halogens is 1. The molecule has 6 rings (SSSR count). The van der Waals surface area contributed by atoms with Gasteiger partial charge in [0.1, 0.15) is 17.2 Å². The summed E-state index contributed by atoms with van der Waals surface area (Å²) in [5.41, 5.74) is 4.63. The van der Waals surface area contributed by atoms with Gasteiger partial charge in [0.2, 0.25) is 0 Å². The van der Waals surface area contributed by atoms with Crippen LogP contribution in [0.15, 0.2) is 79.0 Å². The first-order chi connectivity index (χ1) is 15.8. The molecule has 1 saturated heterocycles. The summed E-state index contributed by atoms with van der Waals surface area (Å²) in [6.45, 7) is 1.92. The van der Waals surface area contributed by atoms with Gasteiger partial charge < -0.3 is 9.88 Å². The number of hydrogen-bond donors (Lipinski definition) is 1. The van der Waals surface area contributed by atoms with Gasteiger partial charge in [-0.25, -0.2) is 14.4 Å². The molecule has 0 spiro atoms. The van der Waals surface area contributed by atoms with Gasteiger partial charge in [-0.1, -0.05) is 48.5 Å². The van der Waals surface area contributed by atoms with E-state index in [1.807, 2.05) is 12.3 Å². The lowest BCUT2D eigenvalue weighted by atomic mass is 10.0. The van der Waals surface area contributed by atoms with Crippen LogP contribution in [-0.4, -0.2) is 27.6 Å². The molecule has 0 radical (unpaired) electrons. The van der Waals surface area contributed by atoms with Crippen molar-refractivity contribution in [2.45, 2.75) is 18.9 Å². The Kier molecular flexibility index (Phi) is 4.69. The van der Waals surface area contributed by atoms with E-state index in [9.17, 15) is 4.39 Å². The SMILES string of the molecule is Fc1cccc(-c2nc3cc(-c4ccc5ccccc5c4)cnc3n2C2CCNCC2)c1. The van der Waals surface area contributed by atoms with Gasteiger partial charge >= 0.3 is 0 Å². The first kappa shape index (κ1) is 19.1. The normalized spacial score (nSPS) is 14.9. The van der Waals surface area contributed by atoms with Crippen LogP contribution < -0.4 is 5.32 Å². The Morgan fingerprint density at radius 1 is 0.812 bits per heavy atom. The van der Waals surface area contributed by atoms with Crippen LogP contribution in [0, 0.1) is 5.82 Å². The molecule has 5 heteroatoms. The van der Waals surface area contributed by atoms with Crippen molar-refractivity contribution in [1.82, 2.24) is 19.9 Å². The number of piperidine rings is 1. The van der Waals surface area contributed by atoms with E-state index in [0.29, 0.717) is 6.04 Å². The van der Waals surface area contributed by atoms with Crippen molar-refractivity contribution >= 4 is 21.9 Å². The van der Waals surface area contributed by atoms with E-state index in [4.69, 9.17) is 9.97 Å². The molecule has 0 bridgehead atoms. The van der Waals surface area contributed by atoms with Crippen molar-refractivity contribution < 1.29 is 4.39 Å². The van der Waals surface area contributed by atoms with Crippen molar-refractivity contribution in [3.05, 3.63) is 84.8 Å². The van der Waals surface area contributed by atoms with Gasteiger partial charge in [0, 0.05) is 23.4 Å². The van der Waals surface area contributed by atoms with E-state index in [1.54, 1.807) is 12.1 Å². The molecule has 0 unspecified atom stereocenters. The molecule has 3 heterocycles. The second-order valence-electron chi connectivity index (χ2n) is 8.43. The fourth-order valence-corrected chi connectivity index (χ4v) is 4.75. The van der Waals surface area contributed by atoms with Gasteiger partial charge in [-0.3, -0.25) is 0 Å². The number of pyridine rings is 1. The third-order valence-corrected chi connectivity index (χ3v) is 6.37. The molecule has 2 aromatic heterocycles. The van der Waals surface area contributed by atoms with E-state index in [0.717, 1.165) is 59.6 Å². The smallest absolute Gasteiger partial charge is 0.160 e. The van der Waals surface area contributed by atoms with E-state index < -0.39 is 0 Å². The van der Waals surface area contributed by atoms with Crippen molar-refractivity contribution in [1.29, 1.82) is 0 Å². The van der Waals surface area contributed by atoms with Gasteiger partial charge in [0.05, 0.1) is 0 Å². The van der Waals surface area contributed by atoms with Crippen LogP contribution in [0.4, 0.5) is 4.39 Å². The molecular weight excluding hydrogens is 399 g/mol. The number of hydrogen-bond acceptors (Lipinski definition) is 3. The highest BCUT2D eigenvalue weighted by atomic mass is 19.1. The molecule has 1 aliphatic rings. The van der Waals surface area contributed by atoms with Crippen LogP contribution >= 0.6 is 0 Å². The summed E-state index contributed by atoms with van der Waals surface area (Å²) in [5, 5.41) is 5.84. The third-order valence-electron chi connectivity index (χ3n) is 6.37. The average Bonchev–Trinajstić information content (AvgIpc) is 3.23. The number of benzene rings is 3. The van der Waals surface area contributed by atoms with Gasteiger partial charge in [0.25, 0.3) is 0 Å². The molecule has 32 heavy (non-hydrogen) atoms. The van der Waals surface area contributed by atoms with Crippen LogP contribution in [0.2, 0.25) is 0 Å². The monoisotopic (exact) mass is 422 g/mol. The first-order valence-corrected chi connectivity index (χ1v) is 11.1. The third kappa shape index (κ3) is 3.35. The number of rotatable bonds is 3. The molecule has 1 N–H and O–H groups in total. The highest BCUT2D eigenvalue weighted by Gasteiger charge is 2.23. The van der Waals surface area contributed by atoms with Crippen molar-refractivity contribution in [3.63, 3.8) is 0 Å². The summed E-state index contributed by atoms with van der Waals surface area (Å²) in [6.07, 6.45) is 3.94. The average molecular weight is 423 g/mol. The minimum absolute atomic E-state index is 0.253. The summed E-state index contributed by atoms with van der Waals surface area (Å²) in [6, 6.07) is 23.9. The fraction of sp³-hybridized carbons (Fsp3) is 0.185. The summed E-state index contributed by atoms with van der Waals surface area (Å²) in [4.78, 5) is 9.83. The maximum absolute atomic E-state index is 14.0. The van der Waals surface area contributed by atoms with Gasteiger partial charge in [-0.2, -0.15) is 0 Å². The maximum atomic E-state index is 14.0. The quantitative estimate of drug-likeness (QED) is 0.389. The molecule has 4 nitrogen and oxygen atoms in total. The summed E-state index contributed by atoms with van der Waals surface area (Å²) < 4.78 is 16.3. The topological polar surface area (TPSA) is 42.7 Å². The Hall–Kier alpha value is -3.57. The van der Waals surface area contributed by atoms with Crippen LogP contribution in [-0.2, 0) is 0 Å². The van der Waals surface area contributed by atoms with Crippen LogP contribution in [0.25, 0.3) is 44.5 Å². The molecule has 0 aliphatic carbocycles. The highest BCUT2D eigenvalue weighted by Crippen LogP contribution is 2.33. The van der Waals surface area contributed by atoms with Crippen LogP contribution in [0.5, 0.6) is 0 Å². The number of imidazole rings is 1. The van der Waals surface area contributed by atoms with E-state index >= 15 is 0 Å². The predicted octanol–water partition coefficient (Wildman–Crippen LogP) is 5.98. The molecule has 1 fully saturated rings. The minimum atomic E-state index is -0.253. The lowest BCUT2D eigenvalue weighted by Gasteiger charge is -2.26. The Balaban J connectivity index is 1.52. The molecule has 0 amide bonds. The zero-order valence-corrected chi connectivity index (χ0v) is 17.6. The summed E-state index contributed by atoms with van der Waals surface area (Å²) in [7, 11) is 0. The standard InChI is InChI=1S/C27H23FN4/c28-23-7-3-6-21(15-23)26-31-25-16-22(20-9-8-18-4-1-2-5-19(18)14-20)17-30-27(25)32(26)24-10-12-29-13-11-24/h1-9,14-17,24,29H,10-13H2. The van der Waals surface area contributed by atoms with Gasteiger partial charge in [-0.05, 0) is 66.5 Å². The first-order valence-electron chi connectivity index (χ1n) is 11.1. The molecule has 158 valence electrons. The van der Waals surface area contributed by atoms with Crippen molar-refractivity contribution in [3.8, 4) is 22.5 Å². The zero-order valence-electron chi connectivity index (χ0n) is 17.6. The summed E-state index contributed by atoms with van der Waals surface area (Å²) in [5.74, 6) is 0.533. The van der Waals surface area contributed by atoms with E-state index in [2.05, 4.69) is 58.4 Å². The molecule has 0 atom stereocenters.